The van der Waals surface area contributed by atoms with Crippen LogP contribution in [0.2, 0.25) is 0 Å². The molecule has 2 heterocycles. The number of methoxy groups -OCH3 is 1. The van der Waals surface area contributed by atoms with Crippen LogP contribution in [0.5, 0.6) is 5.75 Å². The lowest BCUT2D eigenvalue weighted by Crippen LogP contribution is -2.37. The van der Waals surface area contributed by atoms with Gasteiger partial charge in [0, 0.05) is 31.2 Å². The van der Waals surface area contributed by atoms with E-state index in [9.17, 15) is 9.59 Å². The fourth-order valence-electron chi connectivity index (χ4n) is 3.46. The first-order chi connectivity index (χ1) is 12.4. The van der Waals surface area contributed by atoms with Crippen molar-refractivity contribution in [3.05, 3.63) is 57.8 Å². The number of benzene rings is 1. The molecule has 2 aromatic rings. The zero-order valence-corrected chi connectivity index (χ0v) is 15.5. The molecule has 3 rings (SSSR count). The van der Waals surface area contributed by atoms with Gasteiger partial charge in [-0.2, -0.15) is 0 Å². The van der Waals surface area contributed by atoms with Crippen LogP contribution in [0.3, 0.4) is 0 Å². The number of likely N-dealkylation sites (N-methyl/N-ethyl adjacent to an activating group) is 1. The number of carbonyl (C=O) groups is 1. The molecule has 1 amide bonds. The summed E-state index contributed by atoms with van der Waals surface area (Å²) in [4.78, 5) is 35.5. The van der Waals surface area contributed by atoms with Gasteiger partial charge in [0.25, 0.3) is 11.5 Å². The molecule has 0 unspecified atom stereocenters. The maximum Gasteiger partial charge on any atom is 0.263 e. The molecule has 1 aromatic carbocycles. The molecule has 1 fully saturated rings. The first-order valence-electron chi connectivity index (χ1n) is 8.56. The highest BCUT2D eigenvalue weighted by Gasteiger charge is 2.38. The largest absolute Gasteiger partial charge is 0.497 e. The molecule has 0 bridgehead atoms. The predicted octanol–water partition coefficient (Wildman–Crippen LogP) is 1.26. The minimum absolute atomic E-state index is 0.0866. The number of carbonyl (C=O) groups excluding carboxylic acids is 1. The molecule has 0 saturated carbocycles. The maximum absolute atomic E-state index is 12.9. The van der Waals surface area contributed by atoms with Crippen molar-refractivity contribution in [3.63, 3.8) is 0 Å². The van der Waals surface area contributed by atoms with Gasteiger partial charge in [-0.1, -0.05) is 12.1 Å². The Morgan fingerprint density at radius 1 is 1.27 bits per heavy atom. The summed E-state index contributed by atoms with van der Waals surface area (Å²) < 4.78 is 5.23. The molecule has 138 valence electrons. The Kier molecular flexibility index (Phi) is 5.08. The van der Waals surface area contributed by atoms with Crippen LogP contribution in [0.4, 0.5) is 0 Å². The summed E-state index contributed by atoms with van der Waals surface area (Å²) in [6.07, 6.45) is 1.36. The third kappa shape index (κ3) is 3.48. The SMILES string of the molecule is COc1ccc([C@@H]2CN(C(=O)c3cnc(C)[nH]c3=O)C[C@H]2N(C)C)cc1. The summed E-state index contributed by atoms with van der Waals surface area (Å²) in [5.74, 6) is 1.19. The highest BCUT2D eigenvalue weighted by atomic mass is 16.5. The number of aromatic nitrogens is 2. The summed E-state index contributed by atoms with van der Waals surface area (Å²) in [7, 11) is 5.66. The molecule has 26 heavy (non-hydrogen) atoms. The number of likely N-dealkylation sites (tertiary alicyclic amines) is 1. The number of hydrogen-bond donors (Lipinski definition) is 1. The van der Waals surface area contributed by atoms with Crippen molar-refractivity contribution in [2.24, 2.45) is 0 Å². The third-order valence-electron chi connectivity index (χ3n) is 4.94. The predicted molar refractivity (Wildman–Crippen MR) is 98.7 cm³/mol. The van der Waals surface area contributed by atoms with Gasteiger partial charge in [-0.05, 0) is 38.7 Å². The number of aryl methyl sites for hydroxylation is 1. The molecular formula is C19H24N4O3. The van der Waals surface area contributed by atoms with Crippen molar-refractivity contribution < 1.29 is 9.53 Å². The molecular weight excluding hydrogens is 332 g/mol. The number of amides is 1. The van der Waals surface area contributed by atoms with E-state index in [1.54, 1.807) is 18.9 Å². The summed E-state index contributed by atoms with van der Waals surface area (Å²) in [6, 6.07) is 8.11. The zero-order valence-electron chi connectivity index (χ0n) is 15.5. The van der Waals surface area contributed by atoms with Crippen LogP contribution in [0.1, 0.15) is 27.7 Å². The lowest BCUT2D eigenvalue weighted by molar-refractivity contribution is 0.0780. The molecule has 2 atom stereocenters. The minimum Gasteiger partial charge on any atom is -0.497 e. The van der Waals surface area contributed by atoms with Gasteiger partial charge in [-0.25, -0.2) is 4.98 Å². The lowest BCUT2D eigenvalue weighted by atomic mass is 9.93. The molecule has 7 nitrogen and oxygen atoms in total. The van der Waals surface area contributed by atoms with Gasteiger partial charge in [-0.15, -0.1) is 0 Å². The van der Waals surface area contributed by atoms with Gasteiger partial charge >= 0.3 is 0 Å². The topological polar surface area (TPSA) is 78.5 Å². The number of rotatable bonds is 4. The molecule has 0 spiro atoms. The Bertz CT molecular complexity index is 845. The van der Waals surface area contributed by atoms with E-state index in [1.165, 1.54) is 6.20 Å². The van der Waals surface area contributed by atoms with Gasteiger partial charge in [0.05, 0.1) is 7.11 Å². The highest BCUT2D eigenvalue weighted by Crippen LogP contribution is 2.31. The van der Waals surface area contributed by atoms with E-state index in [2.05, 4.69) is 14.9 Å². The number of ether oxygens (including phenoxy) is 1. The summed E-state index contributed by atoms with van der Waals surface area (Å²) >= 11 is 0. The van der Waals surface area contributed by atoms with E-state index in [4.69, 9.17) is 4.74 Å². The molecule has 1 aliphatic rings. The quantitative estimate of drug-likeness (QED) is 0.892. The number of H-pyrrole nitrogens is 1. The smallest absolute Gasteiger partial charge is 0.263 e. The Balaban J connectivity index is 1.86. The van der Waals surface area contributed by atoms with Crippen molar-refractivity contribution in [2.75, 3.05) is 34.3 Å². The third-order valence-corrected chi connectivity index (χ3v) is 4.94. The van der Waals surface area contributed by atoms with E-state index in [0.717, 1.165) is 11.3 Å². The van der Waals surface area contributed by atoms with E-state index in [1.807, 2.05) is 38.4 Å². The molecule has 7 heteroatoms. The van der Waals surface area contributed by atoms with E-state index < -0.39 is 5.56 Å². The number of aromatic amines is 1. The Labute approximate surface area is 152 Å². The van der Waals surface area contributed by atoms with Gasteiger partial charge in [-0.3, -0.25) is 9.59 Å². The van der Waals surface area contributed by atoms with Crippen molar-refractivity contribution in [1.82, 2.24) is 19.8 Å². The van der Waals surface area contributed by atoms with Crippen molar-refractivity contribution in [2.45, 2.75) is 18.9 Å². The second kappa shape index (κ2) is 7.29. The lowest BCUT2D eigenvalue weighted by Gasteiger charge is -2.25. The van der Waals surface area contributed by atoms with Crippen molar-refractivity contribution >= 4 is 5.91 Å². The number of nitrogens with one attached hydrogen (secondary N) is 1. The molecule has 0 aliphatic carbocycles. The Morgan fingerprint density at radius 2 is 1.96 bits per heavy atom. The zero-order chi connectivity index (χ0) is 18.8. The van der Waals surface area contributed by atoms with Gasteiger partial charge < -0.3 is 19.5 Å². The van der Waals surface area contributed by atoms with Crippen LogP contribution in [0.15, 0.2) is 35.3 Å². The fraction of sp³-hybridized carbons (Fsp3) is 0.421. The van der Waals surface area contributed by atoms with Gasteiger partial charge in [0.1, 0.15) is 17.1 Å². The number of nitrogens with zero attached hydrogens (tertiary/aromatic N) is 3. The fourth-order valence-corrected chi connectivity index (χ4v) is 3.46. The van der Waals surface area contributed by atoms with Gasteiger partial charge in [0.15, 0.2) is 0 Å². The normalized spacial score (nSPS) is 19.8. The maximum atomic E-state index is 12.9. The average Bonchev–Trinajstić information content (AvgIpc) is 3.07. The monoisotopic (exact) mass is 356 g/mol. The van der Waals surface area contributed by atoms with Crippen LogP contribution in [-0.2, 0) is 0 Å². The summed E-state index contributed by atoms with van der Waals surface area (Å²) in [5.41, 5.74) is 0.844. The minimum atomic E-state index is -0.392. The van der Waals surface area contributed by atoms with E-state index in [0.29, 0.717) is 18.9 Å². The Hall–Kier alpha value is -2.67. The molecule has 1 aliphatic heterocycles. The second-order valence-electron chi connectivity index (χ2n) is 6.83. The van der Waals surface area contributed by atoms with Crippen LogP contribution in [-0.4, -0.2) is 66.0 Å². The van der Waals surface area contributed by atoms with E-state index >= 15 is 0 Å². The summed E-state index contributed by atoms with van der Waals surface area (Å²) in [5, 5.41) is 0. The molecule has 1 N–H and O–H groups in total. The van der Waals surface area contributed by atoms with Gasteiger partial charge in [0.2, 0.25) is 0 Å². The highest BCUT2D eigenvalue weighted by molar-refractivity contribution is 5.93. The Morgan fingerprint density at radius 3 is 2.54 bits per heavy atom. The molecule has 0 radical (unpaired) electrons. The molecule has 1 saturated heterocycles. The first-order valence-corrected chi connectivity index (χ1v) is 8.56. The first kappa shape index (κ1) is 18.1. The van der Waals surface area contributed by atoms with Crippen molar-refractivity contribution in [3.8, 4) is 5.75 Å². The van der Waals surface area contributed by atoms with Crippen LogP contribution >= 0.6 is 0 Å². The second-order valence-corrected chi connectivity index (χ2v) is 6.83. The van der Waals surface area contributed by atoms with Crippen molar-refractivity contribution in [1.29, 1.82) is 0 Å². The number of hydrogen-bond acceptors (Lipinski definition) is 5. The van der Waals surface area contributed by atoms with Crippen LogP contribution in [0, 0.1) is 6.92 Å². The molecule has 1 aromatic heterocycles. The average molecular weight is 356 g/mol. The van der Waals surface area contributed by atoms with E-state index in [-0.39, 0.29) is 23.4 Å². The van der Waals surface area contributed by atoms with Crippen LogP contribution in [0.25, 0.3) is 0 Å². The standard InChI is InChI=1S/C19H24N4O3/c1-12-20-9-15(18(24)21-12)19(25)23-10-16(17(11-23)22(2)3)13-5-7-14(26-4)8-6-13/h5-9,16-17H,10-11H2,1-4H3,(H,20,21,24)/t16-,17+/m0/s1. The van der Waals surface area contributed by atoms with Crippen LogP contribution < -0.4 is 10.3 Å². The summed E-state index contributed by atoms with van der Waals surface area (Å²) in [6.45, 7) is 2.81.